The maximum absolute atomic E-state index is 12.7. The maximum Gasteiger partial charge on any atom is 0.310 e. The number of esters is 1. The molecule has 0 atom stereocenters. The number of anilines is 1. The molecule has 1 N–H and O–H groups in total. The van der Waals surface area contributed by atoms with Crippen molar-refractivity contribution in [1.29, 1.82) is 0 Å². The van der Waals surface area contributed by atoms with Gasteiger partial charge in [-0.2, -0.15) is 0 Å². The van der Waals surface area contributed by atoms with E-state index >= 15 is 0 Å². The average Bonchev–Trinajstić information content (AvgIpc) is 2.50. The van der Waals surface area contributed by atoms with Gasteiger partial charge in [-0.1, -0.05) is 28.1 Å². The van der Waals surface area contributed by atoms with Gasteiger partial charge in [0, 0.05) is 10.2 Å². The molecular weight excluding hydrogens is 353 g/mol. The fourth-order valence-corrected chi connectivity index (χ4v) is 1.96. The van der Waals surface area contributed by atoms with Crippen molar-refractivity contribution in [1.82, 2.24) is 0 Å². The average molecular weight is 366 g/mol. The first-order chi connectivity index (χ1) is 10.5. The second-order valence-electron chi connectivity index (χ2n) is 4.52. The molecule has 4 nitrogen and oxygen atoms in total. The molecule has 22 heavy (non-hydrogen) atoms. The predicted octanol–water partition coefficient (Wildman–Crippen LogP) is 3.31. The van der Waals surface area contributed by atoms with E-state index < -0.39 is 11.9 Å². The maximum atomic E-state index is 12.7. The Morgan fingerprint density at radius 3 is 2.32 bits per heavy atom. The molecule has 0 aliphatic carbocycles. The first-order valence-corrected chi connectivity index (χ1v) is 7.28. The molecule has 6 heteroatoms. The minimum Gasteiger partial charge on any atom is -0.455 e. The Morgan fingerprint density at radius 2 is 1.68 bits per heavy atom. The van der Waals surface area contributed by atoms with Crippen LogP contribution in [0.3, 0.4) is 0 Å². The van der Waals surface area contributed by atoms with Crippen LogP contribution in [0.5, 0.6) is 0 Å². The van der Waals surface area contributed by atoms with Crippen molar-refractivity contribution in [3.05, 3.63) is 64.4 Å². The predicted molar refractivity (Wildman–Crippen MR) is 83.8 cm³/mol. The van der Waals surface area contributed by atoms with E-state index in [2.05, 4.69) is 21.2 Å². The van der Waals surface area contributed by atoms with Crippen LogP contribution in [0.1, 0.15) is 5.56 Å². The number of ether oxygens (including phenoxy) is 1. The van der Waals surface area contributed by atoms with Crippen LogP contribution in [0.25, 0.3) is 0 Å². The van der Waals surface area contributed by atoms with Crippen LogP contribution < -0.4 is 5.32 Å². The lowest BCUT2D eigenvalue weighted by Gasteiger charge is -2.07. The van der Waals surface area contributed by atoms with Gasteiger partial charge in [-0.05, 0) is 42.0 Å². The fourth-order valence-electron chi connectivity index (χ4n) is 1.70. The first-order valence-electron chi connectivity index (χ1n) is 6.48. The van der Waals surface area contributed by atoms with Crippen LogP contribution in [0.4, 0.5) is 10.1 Å². The first kappa shape index (κ1) is 16.2. The zero-order valence-electron chi connectivity index (χ0n) is 11.5. The summed E-state index contributed by atoms with van der Waals surface area (Å²) in [6, 6.07) is 12.6. The highest BCUT2D eigenvalue weighted by atomic mass is 79.9. The summed E-state index contributed by atoms with van der Waals surface area (Å²) in [5.74, 6) is -1.36. The van der Waals surface area contributed by atoms with E-state index in [1.807, 2.05) is 12.1 Å². The molecule has 0 spiro atoms. The van der Waals surface area contributed by atoms with Gasteiger partial charge in [0.05, 0.1) is 6.42 Å². The number of rotatable bonds is 5. The van der Waals surface area contributed by atoms with E-state index in [9.17, 15) is 14.0 Å². The van der Waals surface area contributed by atoms with Crippen molar-refractivity contribution in [2.24, 2.45) is 0 Å². The SMILES string of the molecule is O=C(COC(=O)Cc1ccc(Br)cc1)Nc1ccc(F)cc1. The van der Waals surface area contributed by atoms with Crippen molar-refractivity contribution in [2.75, 3.05) is 11.9 Å². The Labute approximate surface area is 135 Å². The largest absolute Gasteiger partial charge is 0.455 e. The Bertz CT molecular complexity index is 597. The van der Waals surface area contributed by atoms with E-state index in [0.29, 0.717) is 5.69 Å². The van der Waals surface area contributed by atoms with Gasteiger partial charge in [0.1, 0.15) is 5.82 Å². The van der Waals surface area contributed by atoms with Gasteiger partial charge >= 0.3 is 5.97 Å². The molecule has 0 heterocycles. The lowest BCUT2D eigenvalue weighted by atomic mass is 10.2. The number of halogens is 2. The van der Waals surface area contributed by atoms with Crippen LogP contribution in [0.15, 0.2) is 53.0 Å². The van der Waals surface area contributed by atoms with Gasteiger partial charge in [0.25, 0.3) is 5.91 Å². The minimum absolute atomic E-state index is 0.0944. The van der Waals surface area contributed by atoms with Crippen LogP contribution in [0, 0.1) is 5.82 Å². The van der Waals surface area contributed by atoms with Crippen LogP contribution in [-0.2, 0) is 20.7 Å². The molecule has 0 radical (unpaired) electrons. The molecule has 2 aromatic carbocycles. The summed E-state index contributed by atoms with van der Waals surface area (Å²) in [6.45, 7) is -0.382. The molecule has 0 fully saturated rings. The Hall–Kier alpha value is -2.21. The van der Waals surface area contributed by atoms with Crippen LogP contribution >= 0.6 is 15.9 Å². The number of hydrogen-bond donors (Lipinski definition) is 1. The summed E-state index contributed by atoms with van der Waals surface area (Å²) in [4.78, 5) is 23.2. The van der Waals surface area contributed by atoms with Gasteiger partial charge in [-0.25, -0.2) is 4.39 Å². The summed E-state index contributed by atoms with van der Waals surface area (Å²) in [5, 5.41) is 2.51. The quantitative estimate of drug-likeness (QED) is 0.827. The van der Waals surface area contributed by atoms with E-state index in [1.165, 1.54) is 24.3 Å². The summed E-state index contributed by atoms with van der Waals surface area (Å²) in [6.07, 6.45) is 0.0944. The number of carbonyl (C=O) groups is 2. The normalized spacial score (nSPS) is 10.1. The van der Waals surface area contributed by atoms with Crippen molar-refractivity contribution >= 4 is 33.5 Å². The molecule has 2 rings (SSSR count). The van der Waals surface area contributed by atoms with Crippen molar-refractivity contribution < 1.29 is 18.7 Å². The van der Waals surface area contributed by atoms with E-state index in [1.54, 1.807) is 12.1 Å². The summed E-state index contributed by atoms with van der Waals surface area (Å²) < 4.78 is 18.5. The summed E-state index contributed by atoms with van der Waals surface area (Å²) >= 11 is 3.30. The molecule has 0 saturated heterocycles. The number of amides is 1. The van der Waals surface area contributed by atoms with Gasteiger partial charge in [-0.15, -0.1) is 0 Å². The Balaban J connectivity index is 1.76. The Morgan fingerprint density at radius 1 is 1.05 bits per heavy atom. The highest BCUT2D eigenvalue weighted by Gasteiger charge is 2.09. The van der Waals surface area contributed by atoms with Crippen LogP contribution in [0.2, 0.25) is 0 Å². The third kappa shape index (κ3) is 5.29. The van der Waals surface area contributed by atoms with E-state index in [0.717, 1.165) is 10.0 Å². The third-order valence-corrected chi connectivity index (χ3v) is 3.28. The summed E-state index contributed by atoms with van der Waals surface area (Å²) in [7, 11) is 0. The molecule has 0 saturated carbocycles. The minimum atomic E-state index is -0.489. The molecular formula is C16H13BrFNO3. The standard InChI is InChI=1S/C16H13BrFNO3/c17-12-3-1-11(2-4-12)9-16(21)22-10-15(20)19-14-7-5-13(18)6-8-14/h1-8H,9-10H2,(H,19,20). The topological polar surface area (TPSA) is 55.4 Å². The number of nitrogens with one attached hydrogen (secondary N) is 1. The second-order valence-corrected chi connectivity index (χ2v) is 5.43. The smallest absolute Gasteiger partial charge is 0.310 e. The molecule has 0 aliphatic rings. The highest BCUT2D eigenvalue weighted by Crippen LogP contribution is 2.11. The number of hydrogen-bond acceptors (Lipinski definition) is 3. The second kappa shape index (κ2) is 7.70. The third-order valence-electron chi connectivity index (χ3n) is 2.75. The van der Waals surface area contributed by atoms with Crippen molar-refractivity contribution in [3.63, 3.8) is 0 Å². The lowest BCUT2D eigenvalue weighted by molar-refractivity contribution is -0.146. The van der Waals surface area contributed by atoms with E-state index in [4.69, 9.17) is 4.74 Å². The van der Waals surface area contributed by atoms with Gasteiger partial charge in [0.15, 0.2) is 6.61 Å². The van der Waals surface area contributed by atoms with E-state index in [-0.39, 0.29) is 18.8 Å². The zero-order valence-corrected chi connectivity index (χ0v) is 13.1. The lowest BCUT2D eigenvalue weighted by Crippen LogP contribution is -2.21. The molecule has 114 valence electrons. The molecule has 0 bridgehead atoms. The van der Waals surface area contributed by atoms with Crippen molar-refractivity contribution in [2.45, 2.75) is 6.42 Å². The van der Waals surface area contributed by atoms with Crippen LogP contribution in [-0.4, -0.2) is 18.5 Å². The molecule has 0 aliphatic heterocycles. The summed E-state index contributed by atoms with van der Waals surface area (Å²) in [5.41, 5.74) is 1.24. The van der Waals surface area contributed by atoms with Gasteiger partial charge in [-0.3, -0.25) is 9.59 Å². The monoisotopic (exact) mass is 365 g/mol. The van der Waals surface area contributed by atoms with Crippen molar-refractivity contribution in [3.8, 4) is 0 Å². The van der Waals surface area contributed by atoms with Gasteiger partial charge in [0.2, 0.25) is 0 Å². The fraction of sp³-hybridized carbons (Fsp3) is 0.125. The molecule has 0 aromatic heterocycles. The molecule has 2 aromatic rings. The highest BCUT2D eigenvalue weighted by molar-refractivity contribution is 9.10. The zero-order chi connectivity index (χ0) is 15.9. The molecule has 1 amide bonds. The Kier molecular flexibility index (Phi) is 5.66. The number of benzene rings is 2. The number of carbonyl (C=O) groups excluding carboxylic acids is 2. The van der Waals surface area contributed by atoms with Gasteiger partial charge < -0.3 is 10.1 Å². The molecule has 0 unspecified atom stereocenters.